The molecule has 1 aromatic heterocycles. The smallest absolute Gasteiger partial charge is 0.234 e. The minimum Gasteiger partial charge on any atom is -0.395 e. The maximum Gasteiger partial charge on any atom is 0.234 e. The number of carbonyl (C=O) groups is 1. The summed E-state index contributed by atoms with van der Waals surface area (Å²) in [6, 6.07) is 4.58. The van der Waals surface area contributed by atoms with Crippen LogP contribution in [0.5, 0.6) is 0 Å². The Morgan fingerprint density at radius 1 is 1.60 bits per heavy atom. The molecule has 2 N–H and O–H groups in total. The van der Waals surface area contributed by atoms with Crippen LogP contribution in [0.2, 0.25) is 0 Å². The van der Waals surface area contributed by atoms with Gasteiger partial charge in [-0.3, -0.25) is 9.69 Å². The van der Waals surface area contributed by atoms with E-state index in [1.165, 1.54) is 4.88 Å². The number of hydrogen-bond acceptors (Lipinski definition) is 4. The zero-order chi connectivity index (χ0) is 14.5. The van der Waals surface area contributed by atoms with E-state index in [-0.39, 0.29) is 24.6 Å². The van der Waals surface area contributed by atoms with Gasteiger partial charge < -0.3 is 10.4 Å². The fourth-order valence-corrected chi connectivity index (χ4v) is 3.62. The largest absolute Gasteiger partial charge is 0.395 e. The summed E-state index contributed by atoms with van der Waals surface area (Å²) in [5.41, 5.74) is 0. The van der Waals surface area contributed by atoms with Crippen LogP contribution in [0.15, 0.2) is 17.5 Å². The number of aliphatic hydroxyl groups excluding tert-OH is 1. The van der Waals surface area contributed by atoms with Crippen molar-refractivity contribution in [1.29, 1.82) is 0 Å². The molecule has 0 aliphatic carbocycles. The molecule has 0 aromatic carbocycles. The molecule has 5 heteroatoms. The molecule has 20 heavy (non-hydrogen) atoms. The average Bonchev–Trinajstić information content (AvgIpc) is 2.95. The Hall–Kier alpha value is -0.910. The van der Waals surface area contributed by atoms with E-state index in [0.717, 1.165) is 19.3 Å². The third-order valence-corrected chi connectivity index (χ3v) is 5.13. The molecule has 3 unspecified atom stereocenters. The average molecular weight is 296 g/mol. The first-order valence-corrected chi connectivity index (χ1v) is 8.19. The Bertz CT molecular complexity index is 422. The van der Waals surface area contributed by atoms with E-state index in [4.69, 9.17) is 0 Å². The standard InChI is InChI=1S/C15H24N2O2S/c1-11-5-3-6-13(10-18)17(11)9-15(19)16-12(2)14-7-4-8-20-14/h4,7-8,11-13,18H,3,5-6,9-10H2,1-2H3,(H,16,19). The van der Waals surface area contributed by atoms with Gasteiger partial charge in [-0.05, 0) is 38.1 Å². The maximum atomic E-state index is 12.2. The lowest BCUT2D eigenvalue weighted by molar-refractivity contribution is -0.125. The van der Waals surface area contributed by atoms with Gasteiger partial charge in [0.1, 0.15) is 0 Å². The number of hydrogen-bond donors (Lipinski definition) is 2. The van der Waals surface area contributed by atoms with Gasteiger partial charge in [-0.2, -0.15) is 0 Å². The van der Waals surface area contributed by atoms with Gasteiger partial charge in [0.2, 0.25) is 5.91 Å². The van der Waals surface area contributed by atoms with Gasteiger partial charge in [0.15, 0.2) is 0 Å². The van der Waals surface area contributed by atoms with Crippen molar-refractivity contribution in [2.24, 2.45) is 0 Å². The quantitative estimate of drug-likeness (QED) is 0.875. The number of rotatable bonds is 5. The van der Waals surface area contributed by atoms with Crippen molar-refractivity contribution in [1.82, 2.24) is 10.2 Å². The molecule has 1 aliphatic heterocycles. The summed E-state index contributed by atoms with van der Waals surface area (Å²) in [4.78, 5) is 15.5. The Morgan fingerprint density at radius 3 is 3.05 bits per heavy atom. The third kappa shape index (κ3) is 3.81. The highest BCUT2D eigenvalue weighted by atomic mass is 32.1. The van der Waals surface area contributed by atoms with Crippen molar-refractivity contribution >= 4 is 17.2 Å². The van der Waals surface area contributed by atoms with Gasteiger partial charge in [0.25, 0.3) is 0 Å². The van der Waals surface area contributed by atoms with Crippen LogP contribution in [-0.2, 0) is 4.79 Å². The molecular formula is C15H24N2O2S. The summed E-state index contributed by atoms with van der Waals surface area (Å²) >= 11 is 1.66. The van der Waals surface area contributed by atoms with Crippen molar-refractivity contribution in [3.63, 3.8) is 0 Å². The van der Waals surface area contributed by atoms with Crippen LogP contribution in [-0.4, -0.2) is 41.1 Å². The number of carbonyl (C=O) groups excluding carboxylic acids is 1. The third-order valence-electron chi connectivity index (χ3n) is 4.08. The molecule has 0 radical (unpaired) electrons. The zero-order valence-electron chi connectivity index (χ0n) is 12.2. The van der Waals surface area contributed by atoms with Gasteiger partial charge >= 0.3 is 0 Å². The number of amides is 1. The summed E-state index contributed by atoms with van der Waals surface area (Å²) in [5, 5.41) is 14.5. The van der Waals surface area contributed by atoms with Crippen LogP contribution in [0.25, 0.3) is 0 Å². The van der Waals surface area contributed by atoms with E-state index in [1.807, 2.05) is 24.4 Å². The molecular weight excluding hydrogens is 272 g/mol. The molecule has 0 spiro atoms. The van der Waals surface area contributed by atoms with Crippen molar-refractivity contribution in [3.05, 3.63) is 22.4 Å². The molecule has 1 aliphatic rings. The van der Waals surface area contributed by atoms with Gasteiger partial charge in [-0.25, -0.2) is 0 Å². The molecule has 0 saturated carbocycles. The lowest BCUT2D eigenvalue weighted by atomic mass is 9.97. The normalized spacial score (nSPS) is 25.4. The Morgan fingerprint density at radius 2 is 2.40 bits per heavy atom. The minimum absolute atomic E-state index is 0.0399. The van der Waals surface area contributed by atoms with E-state index in [0.29, 0.717) is 12.6 Å². The molecule has 2 rings (SSSR count). The Kier molecular flexibility index (Phi) is 5.57. The van der Waals surface area contributed by atoms with Gasteiger partial charge in [-0.1, -0.05) is 12.5 Å². The second-order valence-corrected chi connectivity index (χ2v) is 6.57. The molecule has 112 valence electrons. The lowest BCUT2D eigenvalue weighted by Gasteiger charge is -2.39. The first-order chi connectivity index (χ1) is 9.61. The van der Waals surface area contributed by atoms with Gasteiger partial charge in [0, 0.05) is 17.0 Å². The highest BCUT2D eigenvalue weighted by Gasteiger charge is 2.29. The number of thiophene rings is 1. The number of likely N-dealkylation sites (tertiary alicyclic amines) is 1. The lowest BCUT2D eigenvalue weighted by Crippen LogP contribution is -2.51. The number of piperidine rings is 1. The molecule has 1 amide bonds. The minimum atomic E-state index is 0.0399. The summed E-state index contributed by atoms with van der Waals surface area (Å²) in [6.45, 7) is 4.66. The van der Waals surface area contributed by atoms with E-state index in [1.54, 1.807) is 11.3 Å². The number of aliphatic hydroxyl groups is 1. The molecule has 3 atom stereocenters. The second-order valence-electron chi connectivity index (χ2n) is 5.59. The number of nitrogens with zero attached hydrogens (tertiary/aromatic N) is 1. The van der Waals surface area contributed by atoms with Crippen LogP contribution in [0.4, 0.5) is 0 Å². The molecule has 0 bridgehead atoms. The van der Waals surface area contributed by atoms with E-state index >= 15 is 0 Å². The van der Waals surface area contributed by atoms with Crippen molar-refractivity contribution in [2.75, 3.05) is 13.2 Å². The maximum absolute atomic E-state index is 12.2. The first-order valence-electron chi connectivity index (χ1n) is 7.31. The molecule has 2 heterocycles. The highest BCUT2D eigenvalue weighted by molar-refractivity contribution is 7.10. The van der Waals surface area contributed by atoms with Gasteiger partial charge in [0.05, 0.1) is 19.2 Å². The van der Waals surface area contributed by atoms with E-state index < -0.39 is 0 Å². The number of nitrogens with one attached hydrogen (secondary N) is 1. The summed E-state index contributed by atoms with van der Waals surface area (Å²) in [5.74, 6) is 0.0399. The van der Waals surface area contributed by atoms with Crippen molar-refractivity contribution in [2.45, 2.75) is 51.2 Å². The highest BCUT2D eigenvalue weighted by Crippen LogP contribution is 2.22. The summed E-state index contributed by atoms with van der Waals surface area (Å²) < 4.78 is 0. The van der Waals surface area contributed by atoms with Crippen LogP contribution >= 0.6 is 11.3 Å². The fraction of sp³-hybridized carbons (Fsp3) is 0.667. The van der Waals surface area contributed by atoms with E-state index in [9.17, 15) is 9.90 Å². The Labute approximate surface area is 124 Å². The summed E-state index contributed by atoms with van der Waals surface area (Å²) in [6.07, 6.45) is 3.22. The van der Waals surface area contributed by atoms with Crippen molar-refractivity contribution < 1.29 is 9.90 Å². The fourth-order valence-electron chi connectivity index (χ4n) is 2.88. The predicted octanol–water partition coefficient (Wildman–Crippen LogP) is 2.16. The SMILES string of the molecule is CC(NC(=O)CN1C(C)CCCC1CO)c1cccs1. The molecule has 1 aromatic rings. The topological polar surface area (TPSA) is 52.6 Å². The first kappa shape index (κ1) is 15.5. The summed E-state index contributed by atoms with van der Waals surface area (Å²) in [7, 11) is 0. The monoisotopic (exact) mass is 296 g/mol. The van der Waals surface area contributed by atoms with Crippen LogP contribution in [0.3, 0.4) is 0 Å². The van der Waals surface area contributed by atoms with Crippen LogP contribution < -0.4 is 5.32 Å². The zero-order valence-corrected chi connectivity index (χ0v) is 13.0. The van der Waals surface area contributed by atoms with Crippen LogP contribution in [0.1, 0.15) is 44.0 Å². The molecule has 4 nitrogen and oxygen atoms in total. The predicted molar refractivity (Wildman–Crippen MR) is 81.8 cm³/mol. The Balaban J connectivity index is 1.89. The second kappa shape index (κ2) is 7.20. The van der Waals surface area contributed by atoms with Gasteiger partial charge in [-0.15, -0.1) is 11.3 Å². The molecule has 1 fully saturated rings. The molecule has 1 saturated heterocycles. The van der Waals surface area contributed by atoms with Crippen molar-refractivity contribution in [3.8, 4) is 0 Å². The van der Waals surface area contributed by atoms with Crippen LogP contribution in [0, 0.1) is 0 Å². The van der Waals surface area contributed by atoms with E-state index in [2.05, 4.69) is 17.1 Å².